The lowest BCUT2D eigenvalue weighted by Gasteiger charge is -2.23. The molecule has 0 saturated heterocycles. The first kappa shape index (κ1) is 17.2. The Bertz CT molecular complexity index is 496. The number of amides is 2. The summed E-state index contributed by atoms with van der Waals surface area (Å²) in [6.45, 7) is 7.46. The number of nitrogens with two attached hydrogens (primary N) is 2. The topological polar surface area (TPSA) is 107 Å². The minimum atomic E-state index is -0.517. The van der Waals surface area contributed by atoms with Gasteiger partial charge in [-0.15, -0.1) is 0 Å². The zero-order valence-electron chi connectivity index (χ0n) is 13.0. The van der Waals surface area contributed by atoms with E-state index in [-0.39, 0.29) is 18.4 Å². The van der Waals surface area contributed by atoms with E-state index in [1.165, 1.54) is 4.90 Å². The summed E-state index contributed by atoms with van der Waals surface area (Å²) in [6, 6.07) is 0. The minimum absolute atomic E-state index is 0.0789. The molecule has 1 aromatic rings. The Labute approximate surface area is 125 Å². The van der Waals surface area contributed by atoms with Crippen molar-refractivity contribution in [3.05, 3.63) is 17.5 Å². The quantitative estimate of drug-likeness (QED) is 0.710. The number of carbonyl (C=O) groups is 2. The van der Waals surface area contributed by atoms with Gasteiger partial charge in [0.25, 0.3) is 5.91 Å². The predicted molar refractivity (Wildman–Crippen MR) is 80.6 cm³/mol. The maximum atomic E-state index is 12.6. The van der Waals surface area contributed by atoms with Crippen molar-refractivity contribution in [2.75, 3.05) is 19.6 Å². The van der Waals surface area contributed by atoms with Crippen LogP contribution in [0, 0.1) is 12.8 Å². The molecule has 0 aliphatic rings. The van der Waals surface area contributed by atoms with E-state index in [2.05, 4.69) is 5.10 Å². The van der Waals surface area contributed by atoms with E-state index in [0.717, 1.165) is 12.1 Å². The summed E-state index contributed by atoms with van der Waals surface area (Å²) in [5.74, 6) is -0.475. The van der Waals surface area contributed by atoms with E-state index in [4.69, 9.17) is 11.5 Å². The number of nitrogens with zero attached hydrogens (tertiary/aromatic N) is 3. The first-order chi connectivity index (χ1) is 9.86. The van der Waals surface area contributed by atoms with E-state index in [9.17, 15) is 9.59 Å². The van der Waals surface area contributed by atoms with Crippen LogP contribution in [0.25, 0.3) is 0 Å². The lowest BCUT2D eigenvalue weighted by Crippen LogP contribution is -2.40. The first-order valence-electron chi connectivity index (χ1n) is 7.16. The Kier molecular flexibility index (Phi) is 6.36. The number of carbonyl (C=O) groups excluding carboxylic acids is 2. The van der Waals surface area contributed by atoms with Gasteiger partial charge >= 0.3 is 0 Å². The summed E-state index contributed by atoms with van der Waals surface area (Å²) in [5, 5.41) is 4.21. The molecule has 0 bridgehead atoms. The van der Waals surface area contributed by atoms with E-state index in [1.807, 2.05) is 20.8 Å². The highest BCUT2D eigenvalue weighted by Gasteiger charge is 2.22. The third-order valence-corrected chi connectivity index (χ3v) is 3.13. The Hall–Kier alpha value is -1.89. The van der Waals surface area contributed by atoms with E-state index >= 15 is 0 Å². The fourth-order valence-electron chi connectivity index (χ4n) is 2.14. The van der Waals surface area contributed by atoms with Gasteiger partial charge in [-0.2, -0.15) is 5.10 Å². The monoisotopic (exact) mass is 295 g/mol. The standard InChI is InChI=1S/C14H25N5O2/c1-10(2)8-18(9-13(16)20)14(21)12-7-17-19(11(12)3)6-4-5-15/h7,10H,4-6,8-9,15H2,1-3H3,(H2,16,20). The first-order valence-corrected chi connectivity index (χ1v) is 7.16. The summed E-state index contributed by atoms with van der Waals surface area (Å²) in [5.41, 5.74) is 12.0. The minimum Gasteiger partial charge on any atom is -0.368 e. The van der Waals surface area contributed by atoms with Crippen molar-refractivity contribution < 1.29 is 9.59 Å². The average molecular weight is 295 g/mol. The molecule has 7 heteroatoms. The average Bonchev–Trinajstić information content (AvgIpc) is 2.75. The fraction of sp³-hybridized carbons (Fsp3) is 0.643. The summed E-state index contributed by atoms with van der Waals surface area (Å²) in [7, 11) is 0. The Morgan fingerprint density at radius 2 is 2.10 bits per heavy atom. The zero-order chi connectivity index (χ0) is 16.0. The molecule has 2 amide bonds. The normalized spacial score (nSPS) is 10.9. The van der Waals surface area contributed by atoms with E-state index in [1.54, 1.807) is 10.9 Å². The number of hydrogen-bond acceptors (Lipinski definition) is 4. The number of aryl methyl sites for hydroxylation is 1. The zero-order valence-corrected chi connectivity index (χ0v) is 13.0. The molecule has 0 radical (unpaired) electrons. The van der Waals surface area contributed by atoms with E-state index < -0.39 is 5.91 Å². The Morgan fingerprint density at radius 3 is 2.62 bits per heavy atom. The molecular formula is C14H25N5O2. The van der Waals surface area contributed by atoms with Gasteiger partial charge in [0.1, 0.15) is 0 Å². The van der Waals surface area contributed by atoms with Gasteiger partial charge in [-0.1, -0.05) is 13.8 Å². The lowest BCUT2D eigenvalue weighted by atomic mass is 10.1. The van der Waals surface area contributed by atoms with Crippen LogP contribution < -0.4 is 11.5 Å². The summed E-state index contributed by atoms with van der Waals surface area (Å²) in [6.07, 6.45) is 2.34. The molecule has 0 aliphatic carbocycles. The van der Waals surface area contributed by atoms with Gasteiger partial charge in [0, 0.05) is 18.8 Å². The molecule has 21 heavy (non-hydrogen) atoms. The summed E-state index contributed by atoms with van der Waals surface area (Å²) >= 11 is 0. The molecule has 0 atom stereocenters. The van der Waals surface area contributed by atoms with Crippen molar-refractivity contribution >= 4 is 11.8 Å². The summed E-state index contributed by atoms with van der Waals surface area (Å²) in [4.78, 5) is 25.2. The van der Waals surface area contributed by atoms with Crippen LogP contribution in [0.1, 0.15) is 36.3 Å². The maximum Gasteiger partial charge on any atom is 0.257 e. The maximum absolute atomic E-state index is 12.6. The van der Waals surface area contributed by atoms with Gasteiger partial charge < -0.3 is 16.4 Å². The van der Waals surface area contributed by atoms with Crippen molar-refractivity contribution in [3.8, 4) is 0 Å². The molecule has 0 unspecified atom stereocenters. The van der Waals surface area contributed by atoms with Crippen molar-refractivity contribution in [1.82, 2.24) is 14.7 Å². The highest BCUT2D eigenvalue weighted by atomic mass is 16.2. The fourth-order valence-corrected chi connectivity index (χ4v) is 2.14. The molecule has 0 saturated carbocycles. The highest BCUT2D eigenvalue weighted by Crippen LogP contribution is 2.12. The van der Waals surface area contributed by atoms with Crippen LogP contribution in [0.5, 0.6) is 0 Å². The smallest absolute Gasteiger partial charge is 0.257 e. The third kappa shape index (κ3) is 4.86. The van der Waals surface area contributed by atoms with Crippen molar-refractivity contribution in [2.45, 2.75) is 33.7 Å². The molecule has 0 fully saturated rings. The van der Waals surface area contributed by atoms with Crippen LogP contribution in [0.3, 0.4) is 0 Å². The largest absolute Gasteiger partial charge is 0.368 e. The third-order valence-electron chi connectivity index (χ3n) is 3.13. The molecule has 4 N–H and O–H groups in total. The molecular weight excluding hydrogens is 270 g/mol. The molecule has 0 spiro atoms. The molecule has 0 aromatic carbocycles. The summed E-state index contributed by atoms with van der Waals surface area (Å²) < 4.78 is 1.76. The van der Waals surface area contributed by atoms with Crippen LogP contribution in [-0.2, 0) is 11.3 Å². The molecule has 7 nitrogen and oxygen atoms in total. The van der Waals surface area contributed by atoms with Crippen LogP contribution >= 0.6 is 0 Å². The van der Waals surface area contributed by atoms with Crippen molar-refractivity contribution in [1.29, 1.82) is 0 Å². The molecule has 1 heterocycles. The second kappa shape index (κ2) is 7.78. The SMILES string of the molecule is Cc1c(C(=O)N(CC(N)=O)CC(C)C)cnn1CCCN. The van der Waals surface area contributed by atoms with Crippen LogP contribution in [0.15, 0.2) is 6.20 Å². The number of hydrogen-bond donors (Lipinski definition) is 2. The molecule has 0 aliphatic heterocycles. The van der Waals surface area contributed by atoms with Crippen LogP contribution in [0.4, 0.5) is 0 Å². The van der Waals surface area contributed by atoms with Crippen molar-refractivity contribution in [2.24, 2.45) is 17.4 Å². The van der Waals surface area contributed by atoms with Crippen LogP contribution in [0.2, 0.25) is 0 Å². The van der Waals surface area contributed by atoms with Gasteiger partial charge in [0.15, 0.2) is 0 Å². The lowest BCUT2D eigenvalue weighted by molar-refractivity contribution is -0.118. The molecule has 1 aromatic heterocycles. The van der Waals surface area contributed by atoms with Gasteiger partial charge in [-0.3, -0.25) is 14.3 Å². The van der Waals surface area contributed by atoms with Gasteiger partial charge in [0.05, 0.1) is 18.3 Å². The Balaban J connectivity index is 2.92. The van der Waals surface area contributed by atoms with Gasteiger partial charge in [-0.05, 0) is 25.8 Å². The highest BCUT2D eigenvalue weighted by molar-refractivity contribution is 5.97. The van der Waals surface area contributed by atoms with Gasteiger partial charge in [-0.25, -0.2) is 0 Å². The second-order valence-corrected chi connectivity index (χ2v) is 5.55. The van der Waals surface area contributed by atoms with Crippen LogP contribution in [-0.4, -0.2) is 46.1 Å². The Morgan fingerprint density at radius 1 is 1.43 bits per heavy atom. The van der Waals surface area contributed by atoms with Crippen molar-refractivity contribution in [3.63, 3.8) is 0 Å². The number of primary amides is 1. The predicted octanol–water partition coefficient (Wildman–Crippen LogP) is 0.124. The molecule has 1 rings (SSSR count). The van der Waals surface area contributed by atoms with Gasteiger partial charge in [0.2, 0.25) is 5.91 Å². The number of aromatic nitrogens is 2. The van der Waals surface area contributed by atoms with E-state index in [0.29, 0.717) is 25.2 Å². The number of rotatable bonds is 8. The molecule has 118 valence electrons. The second-order valence-electron chi connectivity index (χ2n) is 5.55.